The molecule has 1 N–H and O–H groups in total. The van der Waals surface area contributed by atoms with E-state index in [2.05, 4.69) is 15.3 Å². The molecule has 0 bridgehead atoms. The number of sulfonamides is 1. The summed E-state index contributed by atoms with van der Waals surface area (Å²) in [6, 6.07) is 17.3. The summed E-state index contributed by atoms with van der Waals surface area (Å²) >= 11 is 1.52. The van der Waals surface area contributed by atoms with Gasteiger partial charge in [0, 0.05) is 36.1 Å². The zero-order valence-corrected chi connectivity index (χ0v) is 19.4. The molecule has 4 aromatic rings. The van der Waals surface area contributed by atoms with Crippen molar-refractivity contribution in [2.24, 2.45) is 0 Å². The van der Waals surface area contributed by atoms with Crippen LogP contribution in [-0.4, -0.2) is 41.7 Å². The lowest BCUT2D eigenvalue weighted by Crippen LogP contribution is -2.35. The highest BCUT2D eigenvalue weighted by Gasteiger charge is 2.26. The Morgan fingerprint density at radius 2 is 1.67 bits per heavy atom. The van der Waals surface area contributed by atoms with Gasteiger partial charge < -0.3 is 5.32 Å². The Kier molecular flexibility index (Phi) is 5.92. The fourth-order valence-electron chi connectivity index (χ4n) is 3.83. The number of hydrogen-bond donors (Lipinski definition) is 1. The van der Waals surface area contributed by atoms with Crippen molar-refractivity contribution in [1.29, 1.82) is 0 Å². The van der Waals surface area contributed by atoms with Crippen LogP contribution in [0.25, 0.3) is 20.9 Å². The van der Waals surface area contributed by atoms with E-state index in [-0.39, 0.29) is 10.8 Å². The molecule has 0 spiro atoms. The Bertz CT molecular complexity index is 1360. The number of fused-ring (bicyclic) bond motifs is 1. The Labute approximate surface area is 196 Å². The second-order valence-electron chi connectivity index (χ2n) is 7.87. The molecule has 7 nitrogen and oxygen atoms in total. The highest BCUT2D eigenvalue weighted by molar-refractivity contribution is 7.89. The van der Waals surface area contributed by atoms with Crippen molar-refractivity contribution in [3.05, 3.63) is 72.4 Å². The molecule has 5 rings (SSSR count). The van der Waals surface area contributed by atoms with Crippen molar-refractivity contribution < 1.29 is 13.2 Å². The summed E-state index contributed by atoms with van der Waals surface area (Å²) in [6.07, 6.45) is 4.57. The second-order valence-corrected chi connectivity index (χ2v) is 10.8. The molecule has 1 aliphatic rings. The molecule has 0 atom stereocenters. The summed E-state index contributed by atoms with van der Waals surface area (Å²) in [5, 5.41) is 3.72. The first-order valence-electron chi connectivity index (χ1n) is 10.7. The van der Waals surface area contributed by atoms with E-state index in [9.17, 15) is 13.2 Å². The average molecular weight is 479 g/mol. The zero-order valence-electron chi connectivity index (χ0n) is 17.8. The van der Waals surface area contributed by atoms with Crippen molar-refractivity contribution in [2.75, 3.05) is 18.4 Å². The highest BCUT2D eigenvalue weighted by atomic mass is 32.2. The van der Waals surface area contributed by atoms with E-state index in [0.29, 0.717) is 24.3 Å². The minimum absolute atomic E-state index is 0.218. The van der Waals surface area contributed by atoms with Crippen LogP contribution in [-0.2, 0) is 10.0 Å². The monoisotopic (exact) mass is 478 g/mol. The largest absolute Gasteiger partial charge is 0.322 e. The number of rotatable bonds is 5. The van der Waals surface area contributed by atoms with Gasteiger partial charge in [-0.05, 0) is 73.5 Å². The van der Waals surface area contributed by atoms with Crippen molar-refractivity contribution in [3.8, 4) is 10.6 Å². The summed E-state index contributed by atoms with van der Waals surface area (Å²) in [7, 11) is -3.51. The van der Waals surface area contributed by atoms with Crippen molar-refractivity contribution in [1.82, 2.24) is 14.3 Å². The van der Waals surface area contributed by atoms with Crippen molar-refractivity contribution >= 4 is 43.3 Å². The van der Waals surface area contributed by atoms with Gasteiger partial charge in [-0.25, -0.2) is 18.4 Å². The van der Waals surface area contributed by atoms with Gasteiger partial charge >= 0.3 is 0 Å². The highest BCUT2D eigenvalue weighted by Crippen LogP contribution is 2.29. The van der Waals surface area contributed by atoms with Gasteiger partial charge in [0.1, 0.15) is 15.4 Å². The third kappa shape index (κ3) is 4.52. The standard InChI is InChI=1S/C24H22N4O3S2/c29-22(17-8-12-20(13-9-17)33(30,31)28-15-2-1-3-16-28)26-19-10-6-18(7-11-19)23-27-21-5-4-14-25-24(21)32-23/h4-14H,1-3,15-16H2,(H,26,29). The van der Waals surface area contributed by atoms with Crippen LogP contribution in [0, 0.1) is 0 Å². The quantitative estimate of drug-likeness (QED) is 0.445. The van der Waals surface area contributed by atoms with E-state index in [1.807, 2.05) is 36.4 Å². The number of thiazole rings is 1. The van der Waals surface area contributed by atoms with Gasteiger partial charge in [0.15, 0.2) is 0 Å². The predicted octanol–water partition coefficient (Wildman–Crippen LogP) is 4.79. The Hall–Kier alpha value is -3.14. The lowest BCUT2D eigenvalue weighted by atomic mass is 10.2. The van der Waals surface area contributed by atoms with Gasteiger partial charge in [-0.1, -0.05) is 17.8 Å². The molecule has 2 aromatic heterocycles. The summed E-state index contributed by atoms with van der Waals surface area (Å²) in [6.45, 7) is 1.10. The third-order valence-electron chi connectivity index (χ3n) is 5.63. The maximum Gasteiger partial charge on any atom is 0.255 e. The number of nitrogens with zero attached hydrogens (tertiary/aromatic N) is 3. The molecule has 0 radical (unpaired) electrons. The third-order valence-corrected chi connectivity index (χ3v) is 8.57. The van der Waals surface area contributed by atoms with Crippen LogP contribution in [0.15, 0.2) is 71.8 Å². The summed E-state index contributed by atoms with van der Waals surface area (Å²) in [5.41, 5.74) is 2.85. The van der Waals surface area contributed by atoms with Gasteiger partial charge in [0.25, 0.3) is 5.91 Å². The average Bonchev–Trinajstić information content (AvgIpc) is 3.29. The molecule has 0 aliphatic carbocycles. The minimum Gasteiger partial charge on any atom is -0.322 e. The summed E-state index contributed by atoms with van der Waals surface area (Å²) in [4.78, 5) is 22.7. The fourth-order valence-corrected chi connectivity index (χ4v) is 6.26. The molecule has 33 heavy (non-hydrogen) atoms. The predicted molar refractivity (Wildman–Crippen MR) is 130 cm³/mol. The van der Waals surface area contributed by atoms with Crippen LogP contribution in [0.3, 0.4) is 0 Å². The normalized spacial score (nSPS) is 14.9. The lowest BCUT2D eigenvalue weighted by Gasteiger charge is -2.25. The first-order valence-corrected chi connectivity index (χ1v) is 13.0. The maximum absolute atomic E-state index is 12.8. The number of carbonyl (C=O) groups is 1. The number of carbonyl (C=O) groups excluding carboxylic acids is 1. The Morgan fingerprint density at radius 1 is 0.939 bits per heavy atom. The van der Waals surface area contributed by atoms with Crippen LogP contribution >= 0.6 is 11.3 Å². The number of piperidine rings is 1. The topological polar surface area (TPSA) is 92.3 Å². The summed E-state index contributed by atoms with van der Waals surface area (Å²) in [5.74, 6) is -0.297. The number of hydrogen-bond acceptors (Lipinski definition) is 6. The molecule has 1 saturated heterocycles. The molecule has 1 fully saturated rings. The molecule has 168 valence electrons. The van der Waals surface area contributed by atoms with Gasteiger partial charge in [0.2, 0.25) is 10.0 Å². The van der Waals surface area contributed by atoms with Gasteiger partial charge in [-0.3, -0.25) is 4.79 Å². The smallest absolute Gasteiger partial charge is 0.255 e. The molecule has 9 heteroatoms. The van der Waals surface area contributed by atoms with E-state index < -0.39 is 10.0 Å². The van der Waals surface area contributed by atoms with Crippen molar-refractivity contribution in [3.63, 3.8) is 0 Å². The first kappa shape index (κ1) is 21.7. The number of amides is 1. The molecule has 2 aromatic carbocycles. The second kappa shape index (κ2) is 9.01. The van der Waals surface area contributed by atoms with E-state index in [0.717, 1.165) is 40.2 Å². The maximum atomic E-state index is 12.8. The van der Waals surface area contributed by atoms with Gasteiger partial charge in [0.05, 0.1) is 4.90 Å². The van der Waals surface area contributed by atoms with Gasteiger partial charge in [-0.2, -0.15) is 4.31 Å². The SMILES string of the molecule is O=C(Nc1ccc(-c2nc3cccnc3s2)cc1)c1ccc(S(=O)(=O)N2CCCCC2)cc1. The van der Waals surface area contributed by atoms with Gasteiger partial charge in [-0.15, -0.1) is 0 Å². The van der Waals surface area contributed by atoms with Crippen LogP contribution in [0.5, 0.6) is 0 Å². The van der Waals surface area contributed by atoms with E-state index in [1.54, 1.807) is 18.3 Å². The van der Waals surface area contributed by atoms with Crippen molar-refractivity contribution in [2.45, 2.75) is 24.2 Å². The number of aromatic nitrogens is 2. The fraction of sp³-hybridized carbons (Fsp3) is 0.208. The van der Waals surface area contributed by atoms with E-state index in [4.69, 9.17) is 0 Å². The molecule has 0 saturated carbocycles. The molecular weight excluding hydrogens is 456 g/mol. The zero-order chi connectivity index (χ0) is 22.8. The minimum atomic E-state index is -3.51. The first-order chi connectivity index (χ1) is 16.0. The molecule has 1 aliphatic heterocycles. The number of anilines is 1. The van der Waals surface area contributed by atoms with E-state index >= 15 is 0 Å². The number of pyridine rings is 1. The summed E-state index contributed by atoms with van der Waals surface area (Å²) < 4.78 is 27.1. The van der Waals surface area contributed by atoms with Crippen LogP contribution in [0.2, 0.25) is 0 Å². The number of benzene rings is 2. The van der Waals surface area contributed by atoms with Crippen LogP contribution < -0.4 is 5.32 Å². The molecule has 0 unspecified atom stereocenters. The van der Waals surface area contributed by atoms with Crippen LogP contribution in [0.1, 0.15) is 29.6 Å². The van der Waals surface area contributed by atoms with E-state index in [1.165, 1.54) is 27.8 Å². The molecule has 1 amide bonds. The molecule has 3 heterocycles. The Morgan fingerprint density at radius 3 is 2.36 bits per heavy atom. The molecular formula is C24H22N4O3S2. The Balaban J connectivity index is 1.27. The number of nitrogens with one attached hydrogen (secondary N) is 1. The lowest BCUT2D eigenvalue weighted by molar-refractivity contribution is 0.102. The van der Waals surface area contributed by atoms with Crippen LogP contribution in [0.4, 0.5) is 5.69 Å².